The van der Waals surface area contributed by atoms with Crippen molar-refractivity contribution < 1.29 is 13.9 Å². The average Bonchev–Trinajstić information content (AvgIpc) is 2.97. The number of thioether (sulfide) groups is 1. The van der Waals surface area contributed by atoms with Gasteiger partial charge in [-0.3, -0.25) is 0 Å². The van der Waals surface area contributed by atoms with E-state index in [1.165, 1.54) is 11.8 Å². The van der Waals surface area contributed by atoms with Crippen molar-refractivity contribution in [3.63, 3.8) is 0 Å². The van der Waals surface area contributed by atoms with E-state index in [1.54, 1.807) is 0 Å². The van der Waals surface area contributed by atoms with E-state index in [4.69, 9.17) is 20.8 Å². The van der Waals surface area contributed by atoms with Crippen molar-refractivity contribution in [2.45, 2.75) is 57.2 Å². The molecule has 142 valence electrons. The molecule has 0 aliphatic heterocycles. The summed E-state index contributed by atoms with van der Waals surface area (Å²) >= 11 is 7.41. The first-order chi connectivity index (χ1) is 12.1. The van der Waals surface area contributed by atoms with Crippen molar-refractivity contribution in [2.75, 3.05) is 0 Å². The molecule has 26 heavy (non-hydrogen) atoms. The molecule has 0 saturated carbocycles. The van der Waals surface area contributed by atoms with Crippen molar-refractivity contribution in [3.8, 4) is 0 Å². The van der Waals surface area contributed by atoms with Crippen LogP contribution in [0, 0.1) is 5.92 Å². The summed E-state index contributed by atoms with van der Waals surface area (Å²) in [5, 5.41) is 12.1. The second-order valence-electron chi connectivity index (χ2n) is 7.19. The van der Waals surface area contributed by atoms with Gasteiger partial charge in [0.15, 0.2) is 0 Å². The number of aromatic nitrogens is 2. The summed E-state index contributed by atoms with van der Waals surface area (Å²) in [5.74, 6) is 1.09. The summed E-state index contributed by atoms with van der Waals surface area (Å²) in [6, 6.07) is 7.19. The standard InChI is InChI=1S/C18H24ClN3O3S/c1-11(2)14(20-16(23)25-18(3,4)5)15-21-22-17(24-15)26-10-12-7-6-8-13(19)9-12/h6-9,11,14H,10H2,1-5H3,(H,20,23). The molecule has 1 amide bonds. The minimum atomic E-state index is -0.571. The maximum Gasteiger partial charge on any atom is 0.408 e. The van der Waals surface area contributed by atoms with E-state index < -0.39 is 17.7 Å². The Balaban J connectivity index is 2.01. The maximum absolute atomic E-state index is 12.1. The number of carbonyl (C=O) groups is 1. The lowest BCUT2D eigenvalue weighted by molar-refractivity contribution is 0.0477. The molecule has 0 fully saturated rings. The summed E-state index contributed by atoms with van der Waals surface area (Å²) in [4.78, 5) is 12.1. The zero-order chi connectivity index (χ0) is 19.3. The van der Waals surface area contributed by atoms with E-state index in [2.05, 4.69) is 15.5 Å². The number of benzene rings is 1. The van der Waals surface area contributed by atoms with Gasteiger partial charge >= 0.3 is 6.09 Å². The fourth-order valence-electron chi connectivity index (χ4n) is 2.12. The zero-order valence-corrected chi connectivity index (χ0v) is 17.1. The molecular weight excluding hydrogens is 374 g/mol. The Morgan fingerprint density at radius 2 is 2.08 bits per heavy atom. The van der Waals surface area contributed by atoms with Gasteiger partial charge < -0.3 is 14.5 Å². The smallest absolute Gasteiger partial charge is 0.408 e. The number of ether oxygens (including phenoxy) is 1. The normalized spacial score (nSPS) is 12.9. The molecule has 0 spiro atoms. The van der Waals surface area contributed by atoms with E-state index in [1.807, 2.05) is 58.9 Å². The number of halogens is 1. The van der Waals surface area contributed by atoms with Crippen LogP contribution in [0.5, 0.6) is 0 Å². The lowest BCUT2D eigenvalue weighted by Gasteiger charge is -2.23. The van der Waals surface area contributed by atoms with Gasteiger partial charge in [0.2, 0.25) is 5.89 Å². The number of nitrogens with zero attached hydrogens (tertiary/aromatic N) is 2. The highest BCUT2D eigenvalue weighted by Gasteiger charge is 2.27. The Bertz CT molecular complexity index is 743. The van der Waals surface area contributed by atoms with Crippen molar-refractivity contribution in [1.29, 1.82) is 0 Å². The van der Waals surface area contributed by atoms with Crippen LogP contribution in [-0.4, -0.2) is 21.9 Å². The highest BCUT2D eigenvalue weighted by Crippen LogP contribution is 2.27. The molecule has 1 atom stereocenters. The largest absolute Gasteiger partial charge is 0.444 e. The summed E-state index contributed by atoms with van der Waals surface area (Å²) in [6.07, 6.45) is -0.512. The third kappa shape index (κ3) is 6.53. The third-order valence-electron chi connectivity index (χ3n) is 3.28. The van der Waals surface area contributed by atoms with Crippen LogP contribution < -0.4 is 5.32 Å². The first kappa shape index (κ1) is 20.6. The number of nitrogens with one attached hydrogen (secondary N) is 1. The molecular formula is C18H24ClN3O3S. The molecule has 1 N–H and O–H groups in total. The van der Waals surface area contributed by atoms with Crippen LogP contribution in [0.25, 0.3) is 0 Å². The van der Waals surface area contributed by atoms with Gasteiger partial charge in [0.25, 0.3) is 5.22 Å². The molecule has 0 bridgehead atoms. The molecule has 0 saturated heterocycles. The fraction of sp³-hybridized carbons (Fsp3) is 0.500. The molecule has 1 aromatic heterocycles. The predicted molar refractivity (Wildman–Crippen MR) is 102 cm³/mol. The van der Waals surface area contributed by atoms with Crippen LogP contribution in [0.15, 0.2) is 33.9 Å². The monoisotopic (exact) mass is 397 g/mol. The minimum absolute atomic E-state index is 0.0637. The van der Waals surface area contributed by atoms with Gasteiger partial charge in [-0.25, -0.2) is 4.79 Å². The van der Waals surface area contributed by atoms with Gasteiger partial charge in [-0.1, -0.05) is 49.3 Å². The van der Waals surface area contributed by atoms with Crippen LogP contribution in [0.1, 0.15) is 52.1 Å². The summed E-state index contributed by atoms with van der Waals surface area (Å²) in [7, 11) is 0. The van der Waals surface area contributed by atoms with Gasteiger partial charge in [-0.15, -0.1) is 10.2 Å². The fourth-order valence-corrected chi connectivity index (χ4v) is 3.05. The average molecular weight is 398 g/mol. The van der Waals surface area contributed by atoms with E-state index >= 15 is 0 Å². The molecule has 0 radical (unpaired) electrons. The number of alkyl carbamates (subject to hydrolysis) is 1. The van der Waals surface area contributed by atoms with E-state index in [0.717, 1.165) is 5.56 Å². The van der Waals surface area contributed by atoms with Crippen molar-refractivity contribution in [2.24, 2.45) is 5.92 Å². The van der Waals surface area contributed by atoms with Gasteiger partial charge in [-0.2, -0.15) is 0 Å². The Kier molecular flexibility index (Phi) is 6.94. The summed E-state index contributed by atoms with van der Waals surface area (Å²) in [6.45, 7) is 9.37. The molecule has 2 rings (SSSR count). The van der Waals surface area contributed by atoms with E-state index in [9.17, 15) is 4.79 Å². The zero-order valence-electron chi connectivity index (χ0n) is 15.6. The van der Waals surface area contributed by atoms with Crippen LogP contribution in [0.3, 0.4) is 0 Å². The number of hydrogen-bond donors (Lipinski definition) is 1. The Morgan fingerprint density at radius 3 is 2.69 bits per heavy atom. The van der Waals surface area contributed by atoms with Gasteiger partial charge in [0.05, 0.1) is 0 Å². The van der Waals surface area contributed by atoms with Gasteiger partial charge in [0, 0.05) is 10.8 Å². The number of hydrogen-bond acceptors (Lipinski definition) is 6. The lowest BCUT2D eigenvalue weighted by atomic mass is 10.1. The molecule has 8 heteroatoms. The topological polar surface area (TPSA) is 77.2 Å². The number of rotatable bonds is 6. The van der Waals surface area contributed by atoms with Crippen molar-refractivity contribution in [1.82, 2.24) is 15.5 Å². The first-order valence-corrected chi connectivity index (χ1v) is 9.70. The molecule has 1 aromatic carbocycles. The van der Waals surface area contributed by atoms with Crippen LogP contribution in [0.4, 0.5) is 4.79 Å². The van der Waals surface area contributed by atoms with Crippen molar-refractivity contribution in [3.05, 3.63) is 40.7 Å². The highest BCUT2D eigenvalue weighted by molar-refractivity contribution is 7.98. The van der Waals surface area contributed by atoms with Gasteiger partial charge in [0.1, 0.15) is 11.6 Å². The maximum atomic E-state index is 12.1. The minimum Gasteiger partial charge on any atom is -0.444 e. The van der Waals surface area contributed by atoms with Crippen molar-refractivity contribution >= 4 is 29.5 Å². The molecule has 0 aliphatic carbocycles. The first-order valence-electron chi connectivity index (χ1n) is 8.34. The predicted octanol–water partition coefficient (Wildman–Crippen LogP) is 5.24. The quantitative estimate of drug-likeness (QED) is 0.672. The summed E-state index contributed by atoms with van der Waals surface area (Å²) < 4.78 is 11.0. The number of carbonyl (C=O) groups excluding carboxylic acids is 1. The molecule has 1 unspecified atom stereocenters. The SMILES string of the molecule is CC(C)C(NC(=O)OC(C)(C)C)c1nnc(SCc2cccc(Cl)c2)o1. The van der Waals surface area contributed by atoms with Crippen LogP contribution >= 0.6 is 23.4 Å². The summed E-state index contributed by atoms with van der Waals surface area (Å²) in [5.41, 5.74) is 0.493. The van der Waals surface area contributed by atoms with E-state index in [-0.39, 0.29) is 5.92 Å². The van der Waals surface area contributed by atoms with Crippen LogP contribution in [0.2, 0.25) is 5.02 Å². The second kappa shape index (κ2) is 8.77. The Labute approximate surface area is 163 Å². The van der Waals surface area contributed by atoms with Gasteiger partial charge in [-0.05, 0) is 44.4 Å². The molecule has 2 aromatic rings. The Morgan fingerprint density at radius 1 is 1.35 bits per heavy atom. The van der Waals surface area contributed by atoms with E-state index in [0.29, 0.717) is 21.9 Å². The second-order valence-corrected chi connectivity index (χ2v) is 8.56. The third-order valence-corrected chi connectivity index (χ3v) is 4.40. The highest BCUT2D eigenvalue weighted by atomic mass is 35.5. The van der Waals surface area contributed by atoms with Crippen LogP contribution in [-0.2, 0) is 10.5 Å². The Hall–Kier alpha value is -1.73. The molecule has 1 heterocycles. The molecule has 6 nitrogen and oxygen atoms in total. The molecule has 0 aliphatic rings. The number of amides is 1. The lowest BCUT2D eigenvalue weighted by Crippen LogP contribution is -2.37.